The summed E-state index contributed by atoms with van der Waals surface area (Å²) in [5.41, 5.74) is 0. The fourth-order valence-electron chi connectivity index (χ4n) is 4.94. The lowest BCUT2D eigenvalue weighted by Gasteiger charge is -2.23. The molecule has 2 aliphatic rings. The number of rotatable bonds is 12. The molecule has 0 radical (unpaired) electrons. The minimum atomic E-state index is -0.720. The van der Waals surface area contributed by atoms with Gasteiger partial charge in [0.15, 0.2) is 11.6 Å². The lowest BCUT2D eigenvalue weighted by molar-refractivity contribution is -0.150. The molecule has 2 aliphatic heterocycles. The van der Waals surface area contributed by atoms with Crippen molar-refractivity contribution in [2.45, 2.75) is 153 Å². The van der Waals surface area contributed by atoms with E-state index in [0.29, 0.717) is 18.3 Å². The van der Waals surface area contributed by atoms with Crippen molar-refractivity contribution >= 4 is 0 Å². The van der Waals surface area contributed by atoms with E-state index < -0.39 is 11.6 Å². The molecule has 2 saturated heterocycles. The largest absolute Gasteiger partial charge is 0.396 e. The fourth-order valence-corrected chi connectivity index (χ4v) is 4.94. The lowest BCUT2D eigenvalue weighted by Crippen LogP contribution is -2.31. The van der Waals surface area contributed by atoms with Gasteiger partial charge in [0.2, 0.25) is 0 Å². The maximum absolute atomic E-state index is 14.5. The Hall–Kier alpha value is -0.860. The molecule has 0 aliphatic carbocycles. The summed E-state index contributed by atoms with van der Waals surface area (Å²) >= 11 is 0. The monoisotopic (exact) mass is 595 g/mol. The molecule has 8 atom stereocenters. The van der Waals surface area contributed by atoms with Crippen LogP contribution in [-0.4, -0.2) is 47.7 Å². The normalized spacial score (nSPS) is 29.2. The molecule has 2 heterocycles. The summed E-state index contributed by atoms with van der Waals surface area (Å²) in [6.45, 7) is 25.7. The molecule has 0 aromatic heterocycles. The highest BCUT2D eigenvalue weighted by Gasteiger charge is 2.45. The average Bonchev–Trinajstić information content (AvgIpc) is 3.38. The Labute approximate surface area is 254 Å². The molecule has 0 bridgehead atoms. The van der Waals surface area contributed by atoms with Crippen LogP contribution >= 0.6 is 0 Å². The summed E-state index contributed by atoms with van der Waals surface area (Å²) in [4.78, 5) is 0. The quantitative estimate of drug-likeness (QED) is 0.244. The lowest BCUT2D eigenvalue weighted by atomic mass is 9.91. The third kappa shape index (κ3) is 12.7. The van der Waals surface area contributed by atoms with Gasteiger partial charge in [0, 0.05) is 21.4 Å². The van der Waals surface area contributed by atoms with Crippen molar-refractivity contribution < 1.29 is 35.8 Å². The van der Waals surface area contributed by atoms with Crippen molar-refractivity contribution in [3.8, 4) is 0 Å². The first kappa shape index (κ1) is 38.2. The van der Waals surface area contributed by atoms with Gasteiger partial charge in [-0.15, -0.1) is 0 Å². The minimum absolute atomic E-state index is 0. The van der Waals surface area contributed by atoms with Gasteiger partial charge in [-0.3, -0.25) is 0 Å². The summed E-state index contributed by atoms with van der Waals surface area (Å²) in [5, 5.41) is 9.11. The Morgan fingerprint density at radius 2 is 1.07 bits per heavy atom. The Morgan fingerprint density at radius 1 is 0.732 bits per heavy atom. The van der Waals surface area contributed by atoms with E-state index >= 15 is 0 Å². The molecule has 2 rings (SSSR count). The molecule has 246 valence electrons. The third-order valence-corrected chi connectivity index (χ3v) is 8.23. The second-order valence-electron chi connectivity index (χ2n) is 13.5. The number of allylic oxidation sites excluding steroid dienone is 2. The molecular formula is C34H66F2O5. The van der Waals surface area contributed by atoms with Crippen LogP contribution in [0.2, 0.25) is 0 Å². The summed E-state index contributed by atoms with van der Waals surface area (Å²) < 4.78 is 62.3. The van der Waals surface area contributed by atoms with Gasteiger partial charge in [0.1, 0.15) is 11.7 Å². The molecule has 41 heavy (non-hydrogen) atoms. The predicted molar refractivity (Wildman–Crippen MR) is 168 cm³/mol. The smallest absolute Gasteiger partial charge is 0.163 e. The molecule has 0 aromatic rings. The zero-order chi connectivity index (χ0) is 33.0. The minimum Gasteiger partial charge on any atom is -0.396 e. The molecule has 2 unspecified atom stereocenters. The SMILES string of the molecule is C.CC(C)[C@H](C)/C=C(/F)C(C)[C@H]1OC(C)(C)O[C@H]1CCO.CCC[C@@H]1OC(C)(C)O[C@@H]1C(C)/C(F)=C\[C@@H](C)C(C)C.[2H][2H]. The van der Waals surface area contributed by atoms with Crippen LogP contribution < -0.4 is 0 Å². The van der Waals surface area contributed by atoms with Gasteiger partial charge in [-0.1, -0.05) is 76.2 Å². The van der Waals surface area contributed by atoms with E-state index in [4.69, 9.17) is 27.0 Å². The topological polar surface area (TPSA) is 57.2 Å². The first-order chi connectivity index (χ1) is 19.4. The number of hydrogen-bond acceptors (Lipinski definition) is 5. The van der Waals surface area contributed by atoms with E-state index in [9.17, 15) is 8.78 Å². The molecule has 1 N–H and O–H groups in total. The first-order valence-electron chi connectivity index (χ1n) is 16.4. The highest BCUT2D eigenvalue weighted by Crippen LogP contribution is 2.38. The van der Waals surface area contributed by atoms with Gasteiger partial charge in [-0.05, 0) is 76.4 Å². The Morgan fingerprint density at radius 3 is 1.37 bits per heavy atom. The van der Waals surface area contributed by atoms with Gasteiger partial charge >= 0.3 is 0 Å². The summed E-state index contributed by atoms with van der Waals surface area (Å²) in [5.74, 6) is -0.912. The zero-order valence-corrected chi connectivity index (χ0v) is 27.6. The van der Waals surface area contributed by atoms with Crippen LogP contribution in [0, 0.1) is 35.5 Å². The van der Waals surface area contributed by atoms with E-state index in [1.165, 1.54) is 0 Å². The Bertz CT molecular complexity index is 753. The highest BCUT2D eigenvalue weighted by molar-refractivity contribution is 5.05. The van der Waals surface area contributed by atoms with Crippen LogP contribution in [-0.2, 0) is 18.9 Å². The molecule has 0 saturated carbocycles. The van der Waals surface area contributed by atoms with Crippen molar-refractivity contribution in [3.63, 3.8) is 0 Å². The fraction of sp³-hybridized carbons (Fsp3) is 0.882. The number of halogens is 2. The molecule has 0 amide bonds. The molecule has 5 nitrogen and oxygen atoms in total. The Kier molecular flexibility index (Phi) is 16.2. The maximum atomic E-state index is 14.5. The highest BCUT2D eigenvalue weighted by atomic mass is 19.1. The van der Waals surface area contributed by atoms with E-state index in [-0.39, 0.29) is 73.8 Å². The number of hydrogen-bond donors (Lipinski definition) is 1. The summed E-state index contributed by atoms with van der Waals surface area (Å²) in [7, 11) is 0. The van der Waals surface area contributed by atoms with Crippen molar-refractivity contribution in [2.24, 2.45) is 35.5 Å². The standard InChI is InChI=1S/C17H31FO2.C16H29FO3.CH4.H2/c1-8-9-15-16(20-17(6,7)19-15)13(5)14(18)10-12(4)11(2)3;1-10(2)11(3)9-13(17)12(4)15-14(7-8-18)19-16(5,6)20-15;;/h10-13,15-16H,8-9H2,1-7H3;9-12,14-15,18H,7-8H2,1-6H3;1H4;1H/b14-10+;13-9+;;/t12-,13?,15+,16-;11-,12?,14+,15-;;/m11../s1/i;;;1+1D. The first-order valence-corrected chi connectivity index (χ1v) is 15.4. The van der Waals surface area contributed by atoms with Crippen LogP contribution in [0.25, 0.3) is 0 Å². The number of aliphatic hydroxyl groups excluding tert-OH is 1. The van der Waals surface area contributed by atoms with Gasteiger partial charge in [-0.25, -0.2) is 8.78 Å². The third-order valence-electron chi connectivity index (χ3n) is 8.23. The van der Waals surface area contributed by atoms with Crippen LogP contribution in [0.3, 0.4) is 0 Å². The molecular weight excluding hydrogens is 526 g/mol. The van der Waals surface area contributed by atoms with Gasteiger partial charge in [-0.2, -0.15) is 0 Å². The van der Waals surface area contributed by atoms with Gasteiger partial charge in [0.05, 0.1) is 24.4 Å². The van der Waals surface area contributed by atoms with E-state index in [1.54, 1.807) is 12.2 Å². The van der Waals surface area contributed by atoms with Crippen molar-refractivity contribution in [2.75, 3.05) is 6.61 Å². The van der Waals surface area contributed by atoms with Crippen LogP contribution in [0.1, 0.15) is 120 Å². The van der Waals surface area contributed by atoms with Gasteiger partial charge in [0.25, 0.3) is 0 Å². The average molecular weight is 595 g/mol. The second kappa shape index (κ2) is 17.4. The second-order valence-corrected chi connectivity index (χ2v) is 13.5. The number of ether oxygens (including phenoxy) is 4. The molecule has 0 spiro atoms. The van der Waals surface area contributed by atoms with Crippen molar-refractivity contribution in [1.29, 1.82) is 0 Å². The van der Waals surface area contributed by atoms with E-state index in [1.807, 2.05) is 48.5 Å². The molecule has 7 heteroatoms. The molecule has 2 fully saturated rings. The van der Waals surface area contributed by atoms with Crippen molar-refractivity contribution in [1.82, 2.24) is 0 Å². The van der Waals surface area contributed by atoms with Crippen LogP contribution in [0.5, 0.6) is 0 Å². The zero-order valence-electron chi connectivity index (χ0n) is 29.6. The van der Waals surface area contributed by atoms with E-state index in [2.05, 4.69) is 41.5 Å². The van der Waals surface area contributed by atoms with Crippen LogP contribution in [0.15, 0.2) is 23.8 Å². The predicted octanol–water partition coefficient (Wildman–Crippen LogP) is 9.64. The number of aliphatic hydroxyl groups is 1. The summed E-state index contributed by atoms with van der Waals surface area (Å²) in [6.07, 6.45) is 4.98. The van der Waals surface area contributed by atoms with Crippen molar-refractivity contribution in [3.05, 3.63) is 23.8 Å². The summed E-state index contributed by atoms with van der Waals surface area (Å²) in [6, 6.07) is 0. The molecule has 0 aromatic carbocycles. The Balaban J connectivity index is 0. The van der Waals surface area contributed by atoms with Crippen LogP contribution in [0.4, 0.5) is 8.78 Å². The maximum Gasteiger partial charge on any atom is 0.163 e. The van der Waals surface area contributed by atoms with E-state index in [0.717, 1.165) is 12.8 Å². The van der Waals surface area contributed by atoms with Gasteiger partial charge < -0.3 is 24.1 Å².